The summed E-state index contributed by atoms with van der Waals surface area (Å²) in [4.78, 5) is 0. The van der Waals surface area contributed by atoms with Gasteiger partial charge in [0.15, 0.2) is 0 Å². The van der Waals surface area contributed by atoms with E-state index in [-0.39, 0.29) is 6.10 Å². The van der Waals surface area contributed by atoms with E-state index in [0.717, 1.165) is 6.42 Å². The number of benzene rings is 5. The Hall–Kier alpha value is -2.97. The molecule has 0 amide bonds. The standard InChI is InChI=1S/C40H41GeOP/c1-25-18-34-38(21-28(25)4)43(31(7)24-37(42-43)32-14-10-8-11-15-32)39-22-29(5)26(2)19-35(39)41(34,33-16-12-9-13-17-33)36-20-27(3)30(6)23-40(36)43/h8-23,31,37H,24H2,1-7H3/t31?,37-/m1/s1. The van der Waals surface area contributed by atoms with Crippen LogP contribution in [0.1, 0.15) is 58.4 Å². The second-order valence-corrected chi connectivity index (χ2v) is 26.2. The van der Waals surface area contributed by atoms with Crippen molar-refractivity contribution in [2.75, 3.05) is 0 Å². The summed E-state index contributed by atoms with van der Waals surface area (Å²) in [5, 5.41) is 4.65. The predicted molar refractivity (Wildman–Crippen MR) is 189 cm³/mol. The van der Waals surface area contributed by atoms with E-state index in [1.165, 1.54) is 43.3 Å². The molecule has 1 nitrogen and oxygen atoms in total. The van der Waals surface area contributed by atoms with Gasteiger partial charge in [-0.25, -0.2) is 0 Å². The van der Waals surface area contributed by atoms with Crippen LogP contribution in [0.5, 0.6) is 0 Å². The van der Waals surface area contributed by atoms with Gasteiger partial charge in [0.05, 0.1) is 0 Å². The molecule has 4 aliphatic rings. The van der Waals surface area contributed by atoms with Crippen LogP contribution in [0.4, 0.5) is 0 Å². The van der Waals surface area contributed by atoms with Crippen molar-refractivity contribution >= 4 is 53.6 Å². The van der Waals surface area contributed by atoms with E-state index in [0.29, 0.717) is 5.66 Å². The Balaban J connectivity index is 1.66. The summed E-state index contributed by atoms with van der Waals surface area (Å²) >= 11 is -3.46. The van der Waals surface area contributed by atoms with Crippen LogP contribution in [0.3, 0.4) is 0 Å². The molecule has 1 saturated heterocycles. The fourth-order valence-corrected chi connectivity index (χ4v) is 33.8. The second kappa shape index (κ2) is 9.04. The Morgan fingerprint density at radius 2 is 0.953 bits per heavy atom. The fourth-order valence-electron chi connectivity index (χ4n) is 9.05. The maximum atomic E-state index is 8.17. The van der Waals surface area contributed by atoms with Crippen molar-refractivity contribution in [2.45, 2.75) is 66.6 Å². The molecule has 5 aromatic rings. The van der Waals surface area contributed by atoms with Gasteiger partial charge in [0, 0.05) is 0 Å². The summed E-state index contributed by atoms with van der Waals surface area (Å²) in [6, 6.07) is 38.3. The van der Waals surface area contributed by atoms with Gasteiger partial charge in [-0.05, 0) is 0 Å². The average Bonchev–Trinajstić information content (AvgIpc) is 3.32. The molecule has 1 fully saturated rings. The maximum absolute atomic E-state index is 8.17. The molecule has 4 aliphatic heterocycles. The van der Waals surface area contributed by atoms with Gasteiger partial charge in [-0.15, -0.1) is 0 Å². The second-order valence-electron chi connectivity index (χ2n) is 13.7. The van der Waals surface area contributed by atoms with Crippen LogP contribution >= 0.6 is 6.83 Å². The van der Waals surface area contributed by atoms with Crippen LogP contribution < -0.4 is 33.5 Å². The van der Waals surface area contributed by atoms with Gasteiger partial charge in [0.1, 0.15) is 0 Å². The van der Waals surface area contributed by atoms with Crippen LogP contribution in [-0.2, 0) is 4.52 Å². The molecule has 0 N–H and O–H groups in total. The molecular formula is C40H41GeOP. The summed E-state index contributed by atoms with van der Waals surface area (Å²) in [7, 11) is 0. The molecule has 2 bridgehead atoms. The van der Waals surface area contributed by atoms with Gasteiger partial charge in [-0.2, -0.15) is 0 Å². The molecule has 1 unspecified atom stereocenters. The van der Waals surface area contributed by atoms with E-state index >= 15 is 0 Å². The molecule has 4 heterocycles. The molecular weight excluding hydrogens is 600 g/mol. The monoisotopic (exact) mass is 642 g/mol. The Morgan fingerprint density at radius 3 is 1.40 bits per heavy atom. The van der Waals surface area contributed by atoms with E-state index < -0.39 is 20.1 Å². The molecule has 43 heavy (non-hydrogen) atoms. The Labute approximate surface area is 259 Å². The fraction of sp³-hybridized carbons (Fsp3) is 0.250. The predicted octanol–water partition coefficient (Wildman–Crippen LogP) is 5.84. The van der Waals surface area contributed by atoms with Crippen molar-refractivity contribution in [1.82, 2.24) is 0 Å². The molecule has 0 aliphatic carbocycles. The molecule has 5 aromatic carbocycles. The van der Waals surface area contributed by atoms with Gasteiger partial charge in [0.25, 0.3) is 0 Å². The molecule has 3 heteroatoms. The van der Waals surface area contributed by atoms with E-state index in [4.69, 9.17) is 4.52 Å². The molecule has 2 atom stereocenters. The van der Waals surface area contributed by atoms with Crippen molar-refractivity contribution in [2.24, 2.45) is 0 Å². The molecule has 216 valence electrons. The first-order chi connectivity index (χ1) is 20.6. The topological polar surface area (TPSA) is 9.23 Å². The van der Waals surface area contributed by atoms with Crippen molar-refractivity contribution in [3.8, 4) is 0 Å². The van der Waals surface area contributed by atoms with Crippen LogP contribution in [-0.4, -0.2) is 18.9 Å². The molecule has 0 radical (unpaired) electrons. The van der Waals surface area contributed by atoms with Crippen LogP contribution in [0.15, 0.2) is 97.1 Å². The van der Waals surface area contributed by atoms with Gasteiger partial charge in [-0.1, -0.05) is 0 Å². The van der Waals surface area contributed by atoms with Gasteiger partial charge in [0.2, 0.25) is 0 Å². The SMILES string of the molecule is Cc1c[c]2c(cc1C)P13(O[C@@H](c4ccccc4)CC1C)c1cc(C)c(C)c[c]1[Ge]2([c]1ccccc1)[c]1cc(C)c(C)cc13. The van der Waals surface area contributed by atoms with Gasteiger partial charge >= 0.3 is 261 Å². The number of hydrogen-bond acceptors (Lipinski definition) is 1. The zero-order valence-corrected chi connectivity index (χ0v) is 29.4. The molecule has 0 saturated carbocycles. The first kappa shape index (κ1) is 27.6. The van der Waals surface area contributed by atoms with Gasteiger partial charge < -0.3 is 0 Å². The first-order valence-electron chi connectivity index (χ1n) is 15.8. The number of rotatable bonds is 2. The van der Waals surface area contributed by atoms with E-state index in [1.54, 1.807) is 29.1 Å². The average molecular weight is 641 g/mol. The van der Waals surface area contributed by atoms with Crippen LogP contribution in [0.2, 0.25) is 0 Å². The molecule has 9 rings (SSSR count). The van der Waals surface area contributed by atoms with E-state index in [1.807, 2.05) is 0 Å². The van der Waals surface area contributed by atoms with Crippen molar-refractivity contribution in [3.05, 3.63) is 136 Å². The molecule has 0 aromatic heterocycles. The van der Waals surface area contributed by atoms with Crippen LogP contribution in [0, 0.1) is 41.5 Å². The Morgan fingerprint density at radius 1 is 0.558 bits per heavy atom. The quantitative estimate of drug-likeness (QED) is 0.174. The summed E-state index contributed by atoms with van der Waals surface area (Å²) in [5.41, 5.74) is 9.99. The summed E-state index contributed by atoms with van der Waals surface area (Å²) in [6.07, 6.45) is 1.08. The minimum absolute atomic E-state index is 0.0575. The van der Waals surface area contributed by atoms with Crippen molar-refractivity contribution in [3.63, 3.8) is 0 Å². The van der Waals surface area contributed by atoms with Crippen LogP contribution in [0.25, 0.3) is 0 Å². The Bertz CT molecular complexity index is 1830. The van der Waals surface area contributed by atoms with E-state index in [9.17, 15) is 0 Å². The first-order valence-corrected chi connectivity index (χ1v) is 22.2. The Kier molecular flexibility index (Phi) is 5.80. The van der Waals surface area contributed by atoms with Crippen molar-refractivity contribution in [1.29, 1.82) is 0 Å². The summed E-state index contributed by atoms with van der Waals surface area (Å²) < 4.78 is 14.6. The zero-order chi connectivity index (χ0) is 29.9. The van der Waals surface area contributed by atoms with Gasteiger partial charge in [-0.3, -0.25) is 0 Å². The molecule has 1 spiro atoms. The summed E-state index contributed by atoms with van der Waals surface area (Å²) in [5.74, 6) is 0. The van der Waals surface area contributed by atoms with Crippen molar-refractivity contribution < 1.29 is 4.52 Å². The minimum atomic E-state index is -3.46. The zero-order valence-electron chi connectivity index (χ0n) is 26.5. The third-order valence-corrected chi connectivity index (χ3v) is 29.7. The van der Waals surface area contributed by atoms with E-state index in [2.05, 4.69) is 146 Å². The third-order valence-electron chi connectivity index (χ3n) is 11.6. The summed E-state index contributed by atoms with van der Waals surface area (Å²) in [6.45, 7) is 13.0. The number of hydrogen-bond donors (Lipinski definition) is 0. The third kappa shape index (κ3) is 3.12. The normalized spacial score (nSPS) is 24.6. The number of aryl methyl sites for hydroxylation is 6.